The van der Waals surface area contributed by atoms with Crippen molar-refractivity contribution in [3.63, 3.8) is 0 Å². The first-order chi connectivity index (χ1) is 6.00. The van der Waals surface area contributed by atoms with Crippen LogP contribution in [0.4, 0.5) is 8.78 Å². The first kappa shape index (κ1) is 10.6. The van der Waals surface area contributed by atoms with E-state index >= 15 is 0 Å². The van der Waals surface area contributed by atoms with E-state index in [4.69, 9.17) is 0 Å². The maximum Gasteiger partial charge on any atom is 0.263 e. The van der Waals surface area contributed by atoms with E-state index in [1.807, 2.05) is 22.6 Å². The molecule has 1 aromatic carbocycles. The van der Waals surface area contributed by atoms with Crippen molar-refractivity contribution in [3.05, 3.63) is 32.9 Å². The number of carbonyl (C=O) groups is 1. The van der Waals surface area contributed by atoms with E-state index in [1.54, 1.807) is 6.07 Å². The standard InChI is InChI=1S/C9H7F2IO/c1-5(13)6-2-7(9(10)11)4-8(12)3-6/h2-4,9H,1H3. The van der Waals surface area contributed by atoms with Gasteiger partial charge in [0, 0.05) is 14.7 Å². The van der Waals surface area contributed by atoms with Crippen LogP contribution in [-0.4, -0.2) is 5.78 Å². The quantitative estimate of drug-likeness (QED) is 0.603. The van der Waals surface area contributed by atoms with Crippen molar-refractivity contribution in [2.75, 3.05) is 0 Å². The zero-order valence-corrected chi connectivity index (χ0v) is 9.01. The fourth-order valence-electron chi connectivity index (χ4n) is 0.942. The highest BCUT2D eigenvalue weighted by Gasteiger charge is 2.10. The van der Waals surface area contributed by atoms with E-state index in [0.717, 1.165) is 0 Å². The van der Waals surface area contributed by atoms with Crippen molar-refractivity contribution in [1.29, 1.82) is 0 Å². The number of halogens is 3. The van der Waals surface area contributed by atoms with Gasteiger partial charge in [0.25, 0.3) is 6.43 Å². The predicted octanol–water partition coefficient (Wildman–Crippen LogP) is 3.43. The molecule has 0 fully saturated rings. The van der Waals surface area contributed by atoms with E-state index in [2.05, 4.69) is 0 Å². The Morgan fingerprint density at radius 2 is 2.00 bits per heavy atom. The highest BCUT2D eigenvalue weighted by Crippen LogP contribution is 2.22. The largest absolute Gasteiger partial charge is 0.295 e. The van der Waals surface area contributed by atoms with Crippen molar-refractivity contribution in [2.24, 2.45) is 0 Å². The molecule has 0 atom stereocenters. The zero-order valence-electron chi connectivity index (χ0n) is 6.85. The number of Topliss-reactive ketones (excluding diaryl/α,β-unsaturated/α-hetero) is 1. The van der Waals surface area contributed by atoms with Crippen molar-refractivity contribution in [3.8, 4) is 0 Å². The van der Waals surface area contributed by atoms with Crippen LogP contribution in [0, 0.1) is 3.57 Å². The third-order valence-corrected chi connectivity index (χ3v) is 2.20. The summed E-state index contributed by atoms with van der Waals surface area (Å²) in [6.45, 7) is 1.36. The molecular formula is C9H7F2IO. The monoisotopic (exact) mass is 296 g/mol. The molecule has 1 aromatic rings. The van der Waals surface area contributed by atoms with Crippen LogP contribution in [0.2, 0.25) is 0 Å². The molecule has 0 aliphatic rings. The minimum Gasteiger partial charge on any atom is -0.295 e. The third-order valence-electron chi connectivity index (χ3n) is 1.58. The van der Waals surface area contributed by atoms with Gasteiger partial charge in [-0.15, -0.1) is 0 Å². The van der Waals surface area contributed by atoms with Gasteiger partial charge in [0.05, 0.1) is 0 Å². The van der Waals surface area contributed by atoms with Gasteiger partial charge in [0.15, 0.2) is 5.78 Å². The molecule has 0 bridgehead atoms. The maximum absolute atomic E-state index is 12.3. The summed E-state index contributed by atoms with van der Waals surface area (Å²) in [4.78, 5) is 10.9. The van der Waals surface area contributed by atoms with Gasteiger partial charge in [-0.2, -0.15) is 0 Å². The van der Waals surface area contributed by atoms with Crippen LogP contribution in [0.15, 0.2) is 18.2 Å². The van der Waals surface area contributed by atoms with Crippen molar-refractivity contribution < 1.29 is 13.6 Å². The van der Waals surface area contributed by atoms with Crippen LogP contribution in [0.25, 0.3) is 0 Å². The van der Waals surface area contributed by atoms with Gasteiger partial charge in [-0.05, 0) is 47.7 Å². The minimum absolute atomic E-state index is 0.0999. The van der Waals surface area contributed by atoms with Crippen LogP contribution < -0.4 is 0 Å². The Hall–Kier alpha value is -0.520. The maximum atomic E-state index is 12.3. The highest BCUT2D eigenvalue weighted by atomic mass is 127. The van der Waals surface area contributed by atoms with Gasteiger partial charge in [0.1, 0.15) is 0 Å². The summed E-state index contributed by atoms with van der Waals surface area (Å²) in [5, 5.41) is 0. The van der Waals surface area contributed by atoms with E-state index in [1.165, 1.54) is 19.1 Å². The molecule has 0 unspecified atom stereocenters. The molecule has 0 amide bonds. The summed E-state index contributed by atoms with van der Waals surface area (Å²) in [6.07, 6.45) is -2.52. The fraction of sp³-hybridized carbons (Fsp3) is 0.222. The van der Waals surface area contributed by atoms with Gasteiger partial charge in [0.2, 0.25) is 0 Å². The Labute approximate surface area is 88.3 Å². The van der Waals surface area contributed by atoms with E-state index in [9.17, 15) is 13.6 Å². The predicted molar refractivity (Wildman–Crippen MR) is 54.1 cm³/mol. The lowest BCUT2D eigenvalue weighted by Gasteiger charge is -2.03. The molecule has 0 saturated carbocycles. The normalized spacial score (nSPS) is 10.5. The first-order valence-corrected chi connectivity index (χ1v) is 4.68. The number of alkyl halides is 2. The number of hydrogen-bond acceptors (Lipinski definition) is 1. The Bertz CT molecular complexity index is 336. The lowest BCUT2D eigenvalue weighted by molar-refractivity contribution is 0.101. The highest BCUT2D eigenvalue weighted by molar-refractivity contribution is 14.1. The van der Waals surface area contributed by atoms with Crippen LogP contribution in [0.5, 0.6) is 0 Å². The molecule has 0 heterocycles. The van der Waals surface area contributed by atoms with Gasteiger partial charge in [-0.25, -0.2) is 8.78 Å². The minimum atomic E-state index is -2.52. The molecule has 0 aliphatic heterocycles. The smallest absolute Gasteiger partial charge is 0.263 e. The Balaban J connectivity index is 3.19. The molecule has 0 spiro atoms. The van der Waals surface area contributed by atoms with E-state index in [0.29, 0.717) is 9.13 Å². The second-order valence-corrected chi connectivity index (χ2v) is 3.88. The average molecular weight is 296 g/mol. The topological polar surface area (TPSA) is 17.1 Å². The molecule has 1 rings (SSSR count). The molecule has 70 valence electrons. The Morgan fingerprint density at radius 3 is 2.46 bits per heavy atom. The molecule has 0 aromatic heterocycles. The van der Waals surface area contributed by atoms with Crippen LogP contribution in [0.1, 0.15) is 29.3 Å². The van der Waals surface area contributed by atoms with Gasteiger partial charge < -0.3 is 0 Å². The molecule has 1 nitrogen and oxygen atoms in total. The van der Waals surface area contributed by atoms with Gasteiger partial charge in [-0.3, -0.25) is 4.79 Å². The lowest BCUT2D eigenvalue weighted by Crippen LogP contribution is -1.95. The lowest BCUT2D eigenvalue weighted by atomic mass is 10.1. The second kappa shape index (κ2) is 4.13. The molecule has 0 radical (unpaired) electrons. The van der Waals surface area contributed by atoms with Crippen molar-refractivity contribution in [1.82, 2.24) is 0 Å². The Kier molecular flexibility index (Phi) is 3.35. The molecule has 0 N–H and O–H groups in total. The van der Waals surface area contributed by atoms with Gasteiger partial charge >= 0.3 is 0 Å². The zero-order chi connectivity index (χ0) is 10.0. The molecule has 0 aliphatic carbocycles. The summed E-state index contributed by atoms with van der Waals surface area (Å²) in [5.74, 6) is -0.194. The number of carbonyl (C=O) groups excluding carboxylic acids is 1. The molecule has 13 heavy (non-hydrogen) atoms. The van der Waals surface area contributed by atoms with Gasteiger partial charge in [-0.1, -0.05) is 0 Å². The fourth-order valence-corrected chi connectivity index (χ4v) is 1.64. The number of benzene rings is 1. The number of ketones is 1. The van der Waals surface area contributed by atoms with Crippen LogP contribution in [0.3, 0.4) is 0 Å². The van der Waals surface area contributed by atoms with Crippen LogP contribution in [-0.2, 0) is 0 Å². The second-order valence-electron chi connectivity index (χ2n) is 2.63. The van der Waals surface area contributed by atoms with Crippen molar-refractivity contribution in [2.45, 2.75) is 13.3 Å². The number of hydrogen-bond donors (Lipinski definition) is 0. The van der Waals surface area contributed by atoms with E-state index in [-0.39, 0.29) is 11.3 Å². The van der Waals surface area contributed by atoms with Crippen molar-refractivity contribution >= 4 is 28.4 Å². The summed E-state index contributed by atoms with van der Waals surface area (Å²) in [7, 11) is 0. The molecule has 0 saturated heterocycles. The molecule has 4 heteroatoms. The summed E-state index contributed by atoms with van der Waals surface area (Å²) >= 11 is 1.91. The molecular weight excluding hydrogens is 289 g/mol. The summed E-state index contributed by atoms with van der Waals surface area (Å²) in [6, 6.07) is 4.20. The van der Waals surface area contributed by atoms with Crippen LogP contribution >= 0.6 is 22.6 Å². The SMILES string of the molecule is CC(=O)c1cc(I)cc(C(F)F)c1. The average Bonchev–Trinajstić information content (AvgIpc) is 2.03. The summed E-state index contributed by atoms with van der Waals surface area (Å²) < 4.78 is 25.2. The van der Waals surface area contributed by atoms with E-state index < -0.39 is 6.43 Å². The Morgan fingerprint density at radius 1 is 1.38 bits per heavy atom. The number of rotatable bonds is 2. The third kappa shape index (κ3) is 2.72. The first-order valence-electron chi connectivity index (χ1n) is 3.60. The summed E-state index contributed by atoms with van der Waals surface area (Å²) in [5.41, 5.74) is 0.235.